The van der Waals surface area contributed by atoms with E-state index in [1.807, 2.05) is 41.8 Å². The molecule has 0 aliphatic rings. The number of nitrogens with one attached hydrogen (secondary N) is 1. The van der Waals surface area contributed by atoms with Crippen LogP contribution in [0.25, 0.3) is 0 Å². The topological polar surface area (TPSA) is 58.6 Å². The molecule has 0 fully saturated rings. The molecule has 0 unspecified atom stereocenters. The normalized spacial score (nSPS) is 10.3. The van der Waals surface area contributed by atoms with Gasteiger partial charge in [0.15, 0.2) is 0 Å². The third-order valence-corrected chi connectivity index (χ3v) is 4.15. The van der Waals surface area contributed by atoms with Gasteiger partial charge in [-0.05, 0) is 17.0 Å². The molecule has 0 aliphatic heterocycles. The van der Waals surface area contributed by atoms with Gasteiger partial charge in [-0.3, -0.25) is 9.59 Å². The molecule has 2 rings (SSSR count). The predicted octanol–water partition coefficient (Wildman–Crippen LogP) is 2.15. The second-order valence-electron chi connectivity index (χ2n) is 4.95. The van der Waals surface area contributed by atoms with E-state index in [0.29, 0.717) is 24.6 Å². The van der Waals surface area contributed by atoms with Gasteiger partial charge < -0.3 is 15.0 Å². The molecular weight excluding hydrogens is 312 g/mol. The average Bonchev–Trinajstić information content (AvgIpc) is 3.11. The van der Waals surface area contributed by atoms with E-state index in [9.17, 15) is 9.59 Å². The number of hydrogen-bond donors (Lipinski definition) is 1. The quantitative estimate of drug-likeness (QED) is 0.806. The van der Waals surface area contributed by atoms with Crippen molar-refractivity contribution in [1.29, 1.82) is 0 Å². The van der Waals surface area contributed by atoms with E-state index in [2.05, 4.69) is 5.32 Å². The summed E-state index contributed by atoms with van der Waals surface area (Å²) in [6.45, 7) is 1.42. The summed E-state index contributed by atoms with van der Waals surface area (Å²) in [5.74, 6) is -0.351. The molecule has 1 aromatic heterocycles. The second-order valence-corrected chi connectivity index (χ2v) is 5.90. The maximum Gasteiger partial charge on any atom is 0.261 e. The average molecular weight is 332 g/mol. The summed E-state index contributed by atoms with van der Waals surface area (Å²) in [4.78, 5) is 26.6. The van der Waals surface area contributed by atoms with Gasteiger partial charge in [-0.25, -0.2) is 0 Å². The van der Waals surface area contributed by atoms with Crippen molar-refractivity contribution < 1.29 is 14.3 Å². The smallest absolute Gasteiger partial charge is 0.261 e. The second kappa shape index (κ2) is 9.07. The van der Waals surface area contributed by atoms with Gasteiger partial charge in [0.2, 0.25) is 5.91 Å². The van der Waals surface area contributed by atoms with Crippen molar-refractivity contribution in [3.63, 3.8) is 0 Å². The molecular formula is C17H20N2O3S. The van der Waals surface area contributed by atoms with Gasteiger partial charge in [-0.1, -0.05) is 36.4 Å². The van der Waals surface area contributed by atoms with Gasteiger partial charge in [0.05, 0.1) is 18.0 Å². The Morgan fingerprint density at radius 3 is 2.61 bits per heavy atom. The van der Waals surface area contributed by atoms with Gasteiger partial charge in [-0.2, -0.15) is 0 Å². The molecule has 5 nitrogen and oxygen atoms in total. The summed E-state index contributed by atoms with van der Waals surface area (Å²) in [5.41, 5.74) is 1.04. The number of rotatable bonds is 8. The van der Waals surface area contributed by atoms with Gasteiger partial charge in [0.25, 0.3) is 5.91 Å². The fourth-order valence-corrected chi connectivity index (χ4v) is 2.70. The molecule has 0 atom stereocenters. The number of thiophene rings is 1. The number of carbonyl (C=O) groups is 2. The molecule has 0 saturated carbocycles. The van der Waals surface area contributed by atoms with Crippen molar-refractivity contribution in [3.05, 3.63) is 58.3 Å². The highest BCUT2D eigenvalue weighted by atomic mass is 32.1. The molecule has 0 saturated heterocycles. The number of methoxy groups -OCH3 is 1. The van der Waals surface area contributed by atoms with Crippen LogP contribution < -0.4 is 5.32 Å². The molecule has 0 bridgehead atoms. The van der Waals surface area contributed by atoms with Crippen LogP contribution in [0.5, 0.6) is 0 Å². The van der Waals surface area contributed by atoms with Crippen LogP contribution in [-0.2, 0) is 16.1 Å². The van der Waals surface area contributed by atoms with Crippen LogP contribution in [0.1, 0.15) is 15.2 Å². The molecule has 1 aromatic carbocycles. The molecule has 1 N–H and O–H groups in total. The van der Waals surface area contributed by atoms with Gasteiger partial charge in [0, 0.05) is 20.2 Å². The fraction of sp³-hybridized carbons (Fsp3) is 0.294. The SMILES string of the molecule is COCCN(Cc1ccccc1)C(=O)CNC(=O)c1cccs1. The monoisotopic (exact) mass is 332 g/mol. The number of ether oxygens (including phenoxy) is 1. The zero-order valence-corrected chi connectivity index (χ0v) is 13.8. The third-order valence-electron chi connectivity index (χ3n) is 3.28. The lowest BCUT2D eigenvalue weighted by Gasteiger charge is -2.22. The van der Waals surface area contributed by atoms with E-state index in [4.69, 9.17) is 4.74 Å². The first-order valence-corrected chi connectivity index (χ1v) is 8.21. The minimum atomic E-state index is -0.222. The van der Waals surface area contributed by atoms with E-state index in [1.165, 1.54) is 11.3 Å². The van der Waals surface area contributed by atoms with Crippen molar-refractivity contribution in [2.75, 3.05) is 26.8 Å². The van der Waals surface area contributed by atoms with Crippen LogP contribution in [0.15, 0.2) is 47.8 Å². The van der Waals surface area contributed by atoms with E-state index in [0.717, 1.165) is 5.56 Å². The zero-order valence-electron chi connectivity index (χ0n) is 13.0. The van der Waals surface area contributed by atoms with Crippen LogP contribution in [0.2, 0.25) is 0 Å². The van der Waals surface area contributed by atoms with E-state index < -0.39 is 0 Å². The van der Waals surface area contributed by atoms with Crippen LogP contribution in [0.4, 0.5) is 0 Å². The van der Waals surface area contributed by atoms with Crippen LogP contribution >= 0.6 is 11.3 Å². The first kappa shape index (κ1) is 17.2. The van der Waals surface area contributed by atoms with Crippen LogP contribution in [0.3, 0.4) is 0 Å². The highest BCUT2D eigenvalue weighted by molar-refractivity contribution is 7.12. The predicted molar refractivity (Wildman–Crippen MR) is 90.4 cm³/mol. The highest BCUT2D eigenvalue weighted by Gasteiger charge is 2.15. The van der Waals surface area contributed by atoms with Crippen molar-refractivity contribution >= 4 is 23.2 Å². The number of nitrogens with zero attached hydrogens (tertiary/aromatic N) is 1. The highest BCUT2D eigenvalue weighted by Crippen LogP contribution is 2.08. The van der Waals surface area contributed by atoms with Gasteiger partial charge in [-0.15, -0.1) is 11.3 Å². The Morgan fingerprint density at radius 2 is 1.96 bits per heavy atom. The first-order valence-electron chi connectivity index (χ1n) is 7.33. The standard InChI is InChI=1S/C17H20N2O3S/c1-22-10-9-19(13-14-6-3-2-4-7-14)16(20)12-18-17(21)15-8-5-11-23-15/h2-8,11H,9-10,12-13H2,1H3,(H,18,21). The molecule has 23 heavy (non-hydrogen) atoms. The molecule has 122 valence electrons. The van der Waals surface area contributed by atoms with Crippen molar-refractivity contribution in [2.24, 2.45) is 0 Å². The number of amides is 2. The maximum absolute atomic E-state index is 12.4. The van der Waals surface area contributed by atoms with Crippen molar-refractivity contribution in [3.8, 4) is 0 Å². The third kappa shape index (κ3) is 5.50. The molecule has 0 aliphatic carbocycles. The Bertz CT molecular complexity index is 614. The molecule has 2 amide bonds. The minimum Gasteiger partial charge on any atom is -0.383 e. The lowest BCUT2D eigenvalue weighted by Crippen LogP contribution is -2.41. The lowest BCUT2D eigenvalue weighted by atomic mass is 10.2. The van der Waals surface area contributed by atoms with Gasteiger partial charge >= 0.3 is 0 Å². The van der Waals surface area contributed by atoms with Gasteiger partial charge in [0.1, 0.15) is 0 Å². The zero-order chi connectivity index (χ0) is 16.5. The first-order chi connectivity index (χ1) is 11.2. The maximum atomic E-state index is 12.4. The minimum absolute atomic E-state index is 0.0206. The summed E-state index contributed by atoms with van der Waals surface area (Å²) in [7, 11) is 1.60. The van der Waals surface area contributed by atoms with E-state index >= 15 is 0 Å². The number of carbonyl (C=O) groups excluding carboxylic acids is 2. The molecule has 0 spiro atoms. The molecule has 0 radical (unpaired) electrons. The van der Waals surface area contributed by atoms with E-state index in [1.54, 1.807) is 18.1 Å². The summed E-state index contributed by atoms with van der Waals surface area (Å²) in [5, 5.41) is 4.50. The molecule has 6 heteroatoms. The summed E-state index contributed by atoms with van der Waals surface area (Å²) in [6.07, 6.45) is 0. The Hall–Kier alpha value is -2.18. The Balaban J connectivity index is 1.92. The summed E-state index contributed by atoms with van der Waals surface area (Å²) >= 11 is 1.35. The van der Waals surface area contributed by atoms with Crippen molar-refractivity contribution in [2.45, 2.75) is 6.54 Å². The lowest BCUT2D eigenvalue weighted by molar-refractivity contribution is -0.131. The van der Waals surface area contributed by atoms with E-state index in [-0.39, 0.29) is 18.4 Å². The Kier molecular flexibility index (Phi) is 6.77. The van der Waals surface area contributed by atoms with Crippen LogP contribution in [-0.4, -0.2) is 43.5 Å². The molecule has 2 aromatic rings. The molecule has 1 heterocycles. The number of benzene rings is 1. The Morgan fingerprint density at radius 1 is 1.17 bits per heavy atom. The Labute approximate surface area is 139 Å². The van der Waals surface area contributed by atoms with Crippen molar-refractivity contribution in [1.82, 2.24) is 10.2 Å². The fourth-order valence-electron chi connectivity index (χ4n) is 2.06. The number of hydrogen-bond acceptors (Lipinski definition) is 4. The summed E-state index contributed by atoms with van der Waals surface area (Å²) < 4.78 is 5.07. The van der Waals surface area contributed by atoms with Crippen LogP contribution in [0, 0.1) is 0 Å². The summed E-state index contributed by atoms with van der Waals surface area (Å²) in [6, 6.07) is 13.3. The largest absolute Gasteiger partial charge is 0.383 e.